The molecule has 2 heterocycles. The van der Waals surface area contributed by atoms with Gasteiger partial charge in [0, 0.05) is 32.2 Å². The number of piperazine rings is 1. The summed E-state index contributed by atoms with van der Waals surface area (Å²) in [5.41, 5.74) is 0. The lowest BCUT2D eigenvalue weighted by atomic mass is 10.0. The molecule has 0 atom stereocenters. The van der Waals surface area contributed by atoms with Crippen LogP contribution in [0.1, 0.15) is 33.6 Å². The van der Waals surface area contributed by atoms with Gasteiger partial charge in [0.15, 0.2) is 0 Å². The Morgan fingerprint density at radius 3 is 2.06 bits per heavy atom. The minimum absolute atomic E-state index is 0.871. The average molecular weight is 227 g/mol. The summed E-state index contributed by atoms with van der Waals surface area (Å²) < 4.78 is 0. The standard InChI is InChI=1S/C11H23N3.C2H6/c1-2-13-7-9-14(10-8-13)11-3-5-12-6-4-11;1-2/h11-12H,2-10H2,1H3;1-2H3. The monoisotopic (exact) mass is 227 g/mol. The van der Waals surface area contributed by atoms with Gasteiger partial charge in [-0.25, -0.2) is 0 Å². The molecular weight excluding hydrogens is 198 g/mol. The van der Waals surface area contributed by atoms with Gasteiger partial charge in [-0.05, 0) is 32.5 Å². The second kappa shape index (κ2) is 8.04. The maximum atomic E-state index is 3.44. The molecule has 3 nitrogen and oxygen atoms in total. The first-order valence-corrected chi connectivity index (χ1v) is 7.07. The van der Waals surface area contributed by atoms with Crippen LogP contribution in [0.4, 0.5) is 0 Å². The SMILES string of the molecule is CC.CCN1CCN(C2CCNCC2)CC1. The predicted molar refractivity (Wildman–Crippen MR) is 70.9 cm³/mol. The zero-order valence-electron chi connectivity index (χ0n) is 11.3. The van der Waals surface area contributed by atoms with E-state index in [1.165, 1.54) is 58.7 Å². The molecule has 2 rings (SSSR count). The first-order valence-electron chi connectivity index (χ1n) is 7.07. The van der Waals surface area contributed by atoms with E-state index in [9.17, 15) is 0 Å². The van der Waals surface area contributed by atoms with Crippen molar-refractivity contribution in [3.63, 3.8) is 0 Å². The quantitative estimate of drug-likeness (QED) is 0.769. The third-order valence-electron chi connectivity index (χ3n) is 3.68. The largest absolute Gasteiger partial charge is 0.317 e. The molecule has 0 amide bonds. The second-order valence-corrected chi connectivity index (χ2v) is 4.45. The van der Waals surface area contributed by atoms with E-state index >= 15 is 0 Å². The van der Waals surface area contributed by atoms with Gasteiger partial charge in [0.1, 0.15) is 0 Å². The van der Waals surface area contributed by atoms with Gasteiger partial charge in [0.25, 0.3) is 0 Å². The van der Waals surface area contributed by atoms with Crippen molar-refractivity contribution in [2.24, 2.45) is 0 Å². The molecule has 2 fully saturated rings. The lowest BCUT2D eigenvalue weighted by Gasteiger charge is -2.40. The van der Waals surface area contributed by atoms with Crippen molar-refractivity contribution in [3.05, 3.63) is 0 Å². The molecule has 0 aromatic carbocycles. The Kier molecular flexibility index (Phi) is 7.01. The molecule has 0 saturated carbocycles. The molecule has 3 heteroatoms. The fraction of sp³-hybridized carbons (Fsp3) is 1.00. The number of hydrogen-bond donors (Lipinski definition) is 1. The Morgan fingerprint density at radius 1 is 1.00 bits per heavy atom. The second-order valence-electron chi connectivity index (χ2n) is 4.45. The number of rotatable bonds is 2. The lowest BCUT2D eigenvalue weighted by Crippen LogP contribution is -2.52. The Balaban J connectivity index is 0.000000606. The van der Waals surface area contributed by atoms with Gasteiger partial charge in [0.05, 0.1) is 0 Å². The molecule has 2 saturated heterocycles. The molecule has 1 N–H and O–H groups in total. The summed E-state index contributed by atoms with van der Waals surface area (Å²) in [7, 11) is 0. The van der Waals surface area contributed by atoms with Crippen LogP contribution < -0.4 is 5.32 Å². The minimum Gasteiger partial charge on any atom is -0.317 e. The highest BCUT2D eigenvalue weighted by Crippen LogP contribution is 2.14. The summed E-state index contributed by atoms with van der Waals surface area (Å²) in [4.78, 5) is 5.25. The van der Waals surface area contributed by atoms with Crippen molar-refractivity contribution in [3.8, 4) is 0 Å². The maximum absolute atomic E-state index is 3.44. The van der Waals surface area contributed by atoms with E-state index in [1.54, 1.807) is 0 Å². The van der Waals surface area contributed by atoms with Gasteiger partial charge in [-0.2, -0.15) is 0 Å². The fourth-order valence-electron chi connectivity index (χ4n) is 2.62. The summed E-state index contributed by atoms with van der Waals surface area (Å²) in [5.74, 6) is 0. The van der Waals surface area contributed by atoms with E-state index < -0.39 is 0 Å². The zero-order valence-corrected chi connectivity index (χ0v) is 11.3. The van der Waals surface area contributed by atoms with Gasteiger partial charge in [-0.15, -0.1) is 0 Å². The van der Waals surface area contributed by atoms with Gasteiger partial charge in [0.2, 0.25) is 0 Å². The first-order chi connectivity index (χ1) is 7.90. The van der Waals surface area contributed by atoms with E-state index in [0.717, 1.165) is 6.04 Å². The Labute approximate surface area is 101 Å². The van der Waals surface area contributed by atoms with E-state index in [4.69, 9.17) is 0 Å². The van der Waals surface area contributed by atoms with Gasteiger partial charge < -0.3 is 10.2 Å². The van der Waals surface area contributed by atoms with Crippen LogP contribution in [-0.4, -0.2) is 61.7 Å². The molecule has 0 unspecified atom stereocenters. The third kappa shape index (κ3) is 4.04. The number of nitrogens with one attached hydrogen (secondary N) is 1. The van der Waals surface area contributed by atoms with Gasteiger partial charge in [-0.3, -0.25) is 4.90 Å². The Bertz CT molecular complexity index is 159. The molecule has 0 aliphatic carbocycles. The van der Waals surface area contributed by atoms with Crippen molar-refractivity contribution in [2.45, 2.75) is 39.7 Å². The molecular formula is C13H29N3. The third-order valence-corrected chi connectivity index (χ3v) is 3.68. The summed E-state index contributed by atoms with van der Waals surface area (Å²) in [6.07, 6.45) is 2.71. The van der Waals surface area contributed by atoms with E-state index in [2.05, 4.69) is 22.0 Å². The molecule has 0 aromatic heterocycles. The molecule has 2 aliphatic rings. The van der Waals surface area contributed by atoms with Crippen LogP contribution in [-0.2, 0) is 0 Å². The summed E-state index contributed by atoms with van der Waals surface area (Å²) in [6, 6.07) is 0.871. The van der Waals surface area contributed by atoms with Gasteiger partial charge >= 0.3 is 0 Å². The zero-order chi connectivity index (χ0) is 11.8. The topological polar surface area (TPSA) is 18.5 Å². The van der Waals surface area contributed by atoms with E-state index in [1.807, 2.05) is 13.8 Å². The molecule has 96 valence electrons. The summed E-state index contributed by atoms with van der Waals surface area (Å²) in [6.45, 7) is 15.1. The molecule has 0 bridgehead atoms. The molecule has 0 aromatic rings. The Hall–Kier alpha value is -0.120. The fourth-order valence-corrected chi connectivity index (χ4v) is 2.62. The van der Waals surface area contributed by atoms with Crippen LogP contribution in [0.2, 0.25) is 0 Å². The van der Waals surface area contributed by atoms with Crippen LogP contribution in [0.15, 0.2) is 0 Å². The average Bonchev–Trinajstić information content (AvgIpc) is 2.42. The highest BCUT2D eigenvalue weighted by molar-refractivity contribution is 4.81. The predicted octanol–water partition coefficient (Wildman–Crippen LogP) is 1.40. The van der Waals surface area contributed by atoms with Crippen molar-refractivity contribution in [1.29, 1.82) is 0 Å². The van der Waals surface area contributed by atoms with Crippen LogP contribution in [0.5, 0.6) is 0 Å². The lowest BCUT2D eigenvalue weighted by molar-refractivity contribution is 0.0848. The number of piperidine rings is 1. The van der Waals surface area contributed by atoms with E-state index in [-0.39, 0.29) is 0 Å². The maximum Gasteiger partial charge on any atom is 0.0120 e. The van der Waals surface area contributed by atoms with Crippen LogP contribution in [0.3, 0.4) is 0 Å². The number of nitrogens with zero attached hydrogens (tertiary/aromatic N) is 2. The first kappa shape index (κ1) is 13.9. The number of hydrogen-bond acceptors (Lipinski definition) is 3. The van der Waals surface area contributed by atoms with Crippen LogP contribution >= 0.6 is 0 Å². The molecule has 0 spiro atoms. The highest BCUT2D eigenvalue weighted by Gasteiger charge is 2.23. The minimum atomic E-state index is 0.871. The molecule has 2 aliphatic heterocycles. The molecule has 16 heavy (non-hydrogen) atoms. The smallest absolute Gasteiger partial charge is 0.0120 e. The Morgan fingerprint density at radius 2 is 1.56 bits per heavy atom. The highest BCUT2D eigenvalue weighted by atomic mass is 15.3. The van der Waals surface area contributed by atoms with Crippen molar-refractivity contribution < 1.29 is 0 Å². The van der Waals surface area contributed by atoms with Crippen LogP contribution in [0, 0.1) is 0 Å². The van der Waals surface area contributed by atoms with Crippen molar-refractivity contribution in [2.75, 3.05) is 45.8 Å². The normalized spacial score (nSPS) is 24.9. The summed E-state index contributed by atoms with van der Waals surface area (Å²) in [5, 5.41) is 3.44. The van der Waals surface area contributed by atoms with Crippen molar-refractivity contribution >= 4 is 0 Å². The van der Waals surface area contributed by atoms with Crippen LogP contribution in [0.25, 0.3) is 0 Å². The van der Waals surface area contributed by atoms with Gasteiger partial charge in [-0.1, -0.05) is 20.8 Å². The summed E-state index contributed by atoms with van der Waals surface area (Å²) >= 11 is 0. The number of likely N-dealkylation sites (N-methyl/N-ethyl adjacent to an activating group) is 1. The van der Waals surface area contributed by atoms with Crippen molar-refractivity contribution in [1.82, 2.24) is 15.1 Å². The van der Waals surface area contributed by atoms with E-state index in [0.29, 0.717) is 0 Å². The molecule has 0 radical (unpaired) electrons.